The zero-order chi connectivity index (χ0) is 22.4. The zero-order valence-electron chi connectivity index (χ0n) is 18.0. The van der Waals surface area contributed by atoms with Gasteiger partial charge in [0.05, 0.1) is 35.2 Å². The van der Waals surface area contributed by atoms with Gasteiger partial charge >= 0.3 is 0 Å². The van der Waals surface area contributed by atoms with Crippen LogP contribution in [0.4, 0.5) is 4.39 Å². The number of carbonyl (C=O) groups excluding carboxylic acids is 1. The summed E-state index contributed by atoms with van der Waals surface area (Å²) >= 11 is 0. The summed E-state index contributed by atoms with van der Waals surface area (Å²) in [6.07, 6.45) is 10.3. The van der Waals surface area contributed by atoms with Crippen molar-refractivity contribution in [3.8, 4) is 6.07 Å². The maximum Gasteiger partial charge on any atom is 0.227 e. The van der Waals surface area contributed by atoms with Crippen molar-refractivity contribution >= 4 is 28.0 Å². The molecular weight excluding hydrogens is 399 g/mol. The van der Waals surface area contributed by atoms with E-state index in [-0.39, 0.29) is 18.9 Å². The van der Waals surface area contributed by atoms with Crippen LogP contribution in [0.25, 0.3) is 22.1 Å². The molecule has 8 nitrogen and oxygen atoms in total. The number of hydrogen-bond acceptors (Lipinski definition) is 5. The molecule has 3 heterocycles. The number of nitriles is 1. The predicted molar refractivity (Wildman–Crippen MR) is 116 cm³/mol. The van der Waals surface area contributed by atoms with E-state index < -0.39 is 11.4 Å². The number of H-pyrrole nitrogens is 2. The number of nitrogens with one attached hydrogen (secondary N) is 3. The Morgan fingerprint density at radius 2 is 2.13 bits per heavy atom. The van der Waals surface area contributed by atoms with Gasteiger partial charge in [-0.05, 0) is 32.6 Å². The molecule has 0 aliphatic heterocycles. The van der Waals surface area contributed by atoms with Gasteiger partial charge in [0, 0.05) is 19.2 Å². The highest BCUT2D eigenvalue weighted by molar-refractivity contribution is 6.01. The van der Waals surface area contributed by atoms with Gasteiger partial charge in [0.25, 0.3) is 0 Å². The standard InChI is InChI=1S/C14H16FN5O2.C8H13N/c1-14(2,22)6-18-10(21)3-9-19-8-5-17-13-11(12(8)20-9)7(15)4-16-13;9-7-6-8-4-2-1-3-5-8/h4-5,22H,3,6H2,1-2H3,(H,16,17)(H,18,21)(H,19,20);8H,1-6H2. The van der Waals surface area contributed by atoms with E-state index in [2.05, 4.69) is 31.3 Å². The van der Waals surface area contributed by atoms with Gasteiger partial charge in [-0.3, -0.25) is 4.79 Å². The van der Waals surface area contributed by atoms with Crippen LogP contribution in [-0.2, 0) is 11.2 Å². The number of fused-ring (bicyclic) bond motifs is 3. The third-order valence-corrected chi connectivity index (χ3v) is 5.30. The quantitative estimate of drug-likeness (QED) is 0.494. The van der Waals surface area contributed by atoms with Crippen LogP contribution >= 0.6 is 0 Å². The molecule has 0 bridgehead atoms. The molecule has 1 fully saturated rings. The Hall–Kier alpha value is -2.99. The van der Waals surface area contributed by atoms with Gasteiger partial charge in [0.1, 0.15) is 17.0 Å². The van der Waals surface area contributed by atoms with Crippen molar-refractivity contribution in [3.05, 3.63) is 24.0 Å². The zero-order valence-corrected chi connectivity index (χ0v) is 18.0. The van der Waals surface area contributed by atoms with Crippen LogP contribution in [0.1, 0.15) is 58.2 Å². The molecule has 0 atom stereocenters. The minimum Gasteiger partial charge on any atom is -0.389 e. The van der Waals surface area contributed by atoms with Crippen LogP contribution in [0.5, 0.6) is 0 Å². The van der Waals surface area contributed by atoms with E-state index in [1.165, 1.54) is 38.3 Å². The smallest absolute Gasteiger partial charge is 0.227 e. The lowest BCUT2D eigenvalue weighted by Crippen LogP contribution is -2.38. The van der Waals surface area contributed by atoms with E-state index in [9.17, 15) is 14.3 Å². The monoisotopic (exact) mass is 428 g/mol. The maximum absolute atomic E-state index is 13.8. The van der Waals surface area contributed by atoms with E-state index in [1.54, 1.807) is 20.0 Å². The van der Waals surface area contributed by atoms with Gasteiger partial charge < -0.3 is 20.4 Å². The first kappa shape index (κ1) is 22.7. The highest BCUT2D eigenvalue weighted by atomic mass is 19.1. The number of carbonyl (C=O) groups is 1. The number of rotatable bonds is 5. The number of aliphatic hydroxyl groups is 1. The first-order valence-corrected chi connectivity index (χ1v) is 10.6. The number of imidazole rings is 1. The number of halogens is 1. The molecule has 166 valence electrons. The Morgan fingerprint density at radius 3 is 2.81 bits per heavy atom. The number of aromatic nitrogens is 4. The molecular formula is C22H29FN6O2. The molecule has 1 saturated carbocycles. The van der Waals surface area contributed by atoms with Gasteiger partial charge in [0.15, 0.2) is 5.82 Å². The molecule has 1 aliphatic rings. The summed E-state index contributed by atoms with van der Waals surface area (Å²) in [7, 11) is 0. The third-order valence-electron chi connectivity index (χ3n) is 5.30. The van der Waals surface area contributed by atoms with Crippen molar-refractivity contribution in [1.29, 1.82) is 5.26 Å². The van der Waals surface area contributed by atoms with Crippen molar-refractivity contribution in [1.82, 2.24) is 25.3 Å². The van der Waals surface area contributed by atoms with Gasteiger partial charge in [-0.15, -0.1) is 0 Å². The maximum atomic E-state index is 13.8. The Labute approximate surface area is 180 Å². The summed E-state index contributed by atoms with van der Waals surface area (Å²) in [5.74, 6) is 0.444. The van der Waals surface area contributed by atoms with Crippen molar-refractivity contribution < 1.29 is 14.3 Å². The van der Waals surface area contributed by atoms with Crippen LogP contribution in [0.2, 0.25) is 0 Å². The first-order chi connectivity index (χ1) is 14.8. The molecule has 1 amide bonds. The molecule has 0 spiro atoms. The van der Waals surface area contributed by atoms with Crippen LogP contribution in [-0.4, -0.2) is 43.1 Å². The van der Waals surface area contributed by atoms with E-state index in [4.69, 9.17) is 5.26 Å². The minimum absolute atomic E-state index is 0.0122. The Bertz CT molecular complexity index is 1070. The van der Waals surface area contributed by atoms with Crippen molar-refractivity contribution in [2.45, 2.75) is 64.4 Å². The summed E-state index contributed by atoms with van der Waals surface area (Å²) in [6, 6.07) is 2.24. The summed E-state index contributed by atoms with van der Waals surface area (Å²) in [4.78, 5) is 25.9. The van der Waals surface area contributed by atoms with E-state index in [0.717, 1.165) is 12.3 Å². The summed E-state index contributed by atoms with van der Waals surface area (Å²) < 4.78 is 13.8. The summed E-state index contributed by atoms with van der Waals surface area (Å²) in [5.41, 5.74) is 0.438. The second-order valence-corrected chi connectivity index (χ2v) is 8.70. The fourth-order valence-corrected chi connectivity index (χ4v) is 3.70. The average molecular weight is 429 g/mol. The van der Waals surface area contributed by atoms with Crippen LogP contribution < -0.4 is 5.32 Å². The lowest BCUT2D eigenvalue weighted by atomic mass is 9.87. The number of aromatic amines is 2. The molecule has 3 aromatic heterocycles. The fraction of sp³-hybridized carbons (Fsp3) is 0.545. The molecule has 4 rings (SSSR count). The topological polar surface area (TPSA) is 130 Å². The molecule has 4 N–H and O–H groups in total. The number of amides is 1. The van der Waals surface area contributed by atoms with Crippen LogP contribution in [0.3, 0.4) is 0 Å². The second-order valence-electron chi connectivity index (χ2n) is 8.70. The van der Waals surface area contributed by atoms with E-state index in [1.807, 2.05) is 0 Å². The lowest BCUT2D eigenvalue weighted by molar-refractivity contribution is -0.121. The first-order valence-electron chi connectivity index (χ1n) is 10.6. The number of hydrogen-bond donors (Lipinski definition) is 4. The minimum atomic E-state index is -0.978. The lowest BCUT2D eigenvalue weighted by Gasteiger charge is -2.17. The molecule has 0 radical (unpaired) electrons. The van der Waals surface area contributed by atoms with Gasteiger partial charge in [-0.2, -0.15) is 5.26 Å². The summed E-state index contributed by atoms with van der Waals surface area (Å²) in [5, 5.41) is 20.9. The molecule has 9 heteroatoms. The average Bonchev–Trinajstić information content (AvgIpc) is 3.30. The highest BCUT2D eigenvalue weighted by Crippen LogP contribution is 2.25. The van der Waals surface area contributed by atoms with Crippen LogP contribution in [0, 0.1) is 23.1 Å². The third kappa shape index (κ3) is 6.25. The summed E-state index contributed by atoms with van der Waals surface area (Å²) in [6.45, 7) is 3.35. The van der Waals surface area contributed by atoms with Crippen LogP contribution in [0.15, 0.2) is 12.4 Å². The largest absolute Gasteiger partial charge is 0.389 e. The highest BCUT2D eigenvalue weighted by Gasteiger charge is 2.17. The molecule has 0 saturated heterocycles. The Balaban J connectivity index is 0.000000254. The molecule has 0 unspecified atom stereocenters. The molecule has 0 aromatic carbocycles. The second kappa shape index (κ2) is 9.88. The van der Waals surface area contributed by atoms with E-state index in [0.29, 0.717) is 27.9 Å². The van der Waals surface area contributed by atoms with E-state index >= 15 is 0 Å². The predicted octanol–water partition coefficient (Wildman–Crippen LogP) is 3.49. The van der Waals surface area contributed by atoms with Crippen molar-refractivity contribution in [2.24, 2.45) is 5.92 Å². The van der Waals surface area contributed by atoms with Crippen molar-refractivity contribution in [3.63, 3.8) is 0 Å². The van der Waals surface area contributed by atoms with Crippen molar-refractivity contribution in [2.75, 3.05) is 6.54 Å². The number of pyridine rings is 1. The Kier molecular flexibility index (Phi) is 7.23. The molecule has 3 aromatic rings. The Morgan fingerprint density at radius 1 is 1.39 bits per heavy atom. The normalized spacial score (nSPS) is 14.8. The fourth-order valence-electron chi connectivity index (χ4n) is 3.70. The SMILES string of the molecule is CC(C)(O)CNC(=O)Cc1nc2c(cnc3[nH]cc(F)c32)[nH]1.N#CCC1CCCCC1. The molecule has 31 heavy (non-hydrogen) atoms. The van der Waals surface area contributed by atoms with Gasteiger partial charge in [0.2, 0.25) is 5.91 Å². The van der Waals surface area contributed by atoms with Gasteiger partial charge in [-0.1, -0.05) is 19.3 Å². The van der Waals surface area contributed by atoms with Gasteiger partial charge in [-0.25, -0.2) is 14.4 Å². The molecule has 1 aliphatic carbocycles. The number of nitrogens with zero attached hydrogens (tertiary/aromatic N) is 3.